The lowest BCUT2D eigenvalue weighted by atomic mass is 10.1. The maximum absolute atomic E-state index is 12.8. The summed E-state index contributed by atoms with van der Waals surface area (Å²) in [6.45, 7) is 4.48. The fourth-order valence-corrected chi connectivity index (χ4v) is 4.26. The third kappa shape index (κ3) is 5.71. The zero-order valence-electron chi connectivity index (χ0n) is 19.7. The van der Waals surface area contributed by atoms with Gasteiger partial charge >= 0.3 is 0 Å². The predicted octanol–water partition coefficient (Wildman–Crippen LogP) is 4.32. The Hall–Kier alpha value is -3.66. The smallest absolute Gasteiger partial charge is 0.294 e. The van der Waals surface area contributed by atoms with E-state index in [-0.39, 0.29) is 11.0 Å². The van der Waals surface area contributed by atoms with Gasteiger partial charge in [0, 0.05) is 11.8 Å². The highest BCUT2D eigenvalue weighted by atomic mass is 32.2. The van der Waals surface area contributed by atoms with Gasteiger partial charge in [-0.15, -0.1) is 0 Å². The van der Waals surface area contributed by atoms with Crippen LogP contribution in [-0.4, -0.2) is 54.9 Å². The molecule has 1 saturated heterocycles. The van der Waals surface area contributed by atoms with Crippen LogP contribution < -0.4 is 24.3 Å². The Morgan fingerprint density at radius 2 is 1.91 bits per heavy atom. The molecule has 0 aliphatic carbocycles. The lowest BCUT2D eigenvalue weighted by Crippen LogP contribution is -2.36. The Kier molecular flexibility index (Phi) is 7.50. The Bertz CT molecular complexity index is 1180. The van der Waals surface area contributed by atoms with Gasteiger partial charge in [0.15, 0.2) is 23.0 Å². The molecule has 0 aromatic heterocycles. The molecule has 0 radical (unpaired) electrons. The maximum atomic E-state index is 12.8. The minimum Gasteiger partial charge on any atom is -0.493 e. The molecule has 1 atom stereocenters. The molecule has 0 saturated carbocycles. The van der Waals surface area contributed by atoms with Gasteiger partial charge in [0.2, 0.25) is 5.91 Å². The van der Waals surface area contributed by atoms with Gasteiger partial charge in [-0.05, 0) is 61.0 Å². The first-order valence-corrected chi connectivity index (χ1v) is 12.0. The van der Waals surface area contributed by atoms with E-state index in [0.29, 0.717) is 47.5 Å². The molecular weight excluding hydrogens is 472 g/mol. The third-order valence-electron chi connectivity index (χ3n) is 5.39. The number of benzene rings is 2. The number of methoxy groups -OCH3 is 1. The van der Waals surface area contributed by atoms with E-state index < -0.39 is 23.6 Å². The van der Waals surface area contributed by atoms with Gasteiger partial charge in [-0.25, -0.2) is 0 Å². The van der Waals surface area contributed by atoms with Gasteiger partial charge in [-0.1, -0.05) is 13.0 Å². The van der Waals surface area contributed by atoms with Crippen LogP contribution in [0.25, 0.3) is 6.08 Å². The zero-order valence-corrected chi connectivity index (χ0v) is 20.5. The summed E-state index contributed by atoms with van der Waals surface area (Å²) in [4.78, 5) is 39.0. The Labute approximate surface area is 207 Å². The van der Waals surface area contributed by atoms with Crippen molar-refractivity contribution in [1.29, 1.82) is 0 Å². The monoisotopic (exact) mass is 498 g/mol. The number of amides is 3. The molecule has 2 heterocycles. The molecular formula is C25H26N2O7S. The van der Waals surface area contributed by atoms with Crippen molar-refractivity contribution >= 4 is 40.6 Å². The van der Waals surface area contributed by atoms with E-state index in [1.165, 1.54) is 7.11 Å². The number of rotatable bonds is 8. The van der Waals surface area contributed by atoms with E-state index in [1.807, 2.05) is 13.8 Å². The van der Waals surface area contributed by atoms with Gasteiger partial charge in [-0.3, -0.25) is 19.3 Å². The van der Waals surface area contributed by atoms with Crippen molar-refractivity contribution in [3.05, 3.63) is 46.9 Å². The first kappa shape index (κ1) is 24.5. The summed E-state index contributed by atoms with van der Waals surface area (Å²) in [5.41, 5.74) is 1.15. The lowest BCUT2D eigenvalue weighted by molar-refractivity contribution is -0.127. The number of carbonyl (C=O) groups excluding carboxylic acids is 3. The van der Waals surface area contributed by atoms with Crippen molar-refractivity contribution in [3.8, 4) is 23.0 Å². The second kappa shape index (κ2) is 10.7. The molecule has 9 nitrogen and oxygen atoms in total. The van der Waals surface area contributed by atoms with Crippen molar-refractivity contribution in [2.24, 2.45) is 0 Å². The van der Waals surface area contributed by atoms with Crippen LogP contribution in [0.15, 0.2) is 41.3 Å². The summed E-state index contributed by atoms with van der Waals surface area (Å²) in [7, 11) is 1.54. The molecule has 0 bridgehead atoms. The number of carbonyl (C=O) groups is 3. The number of nitrogens with one attached hydrogen (secondary N) is 1. The lowest BCUT2D eigenvalue weighted by Gasteiger charge is -2.19. The summed E-state index contributed by atoms with van der Waals surface area (Å²) in [5.74, 6) is 1.22. The Balaban J connectivity index is 1.43. The summed E-state index contributed by atoms with van der Waals surface area (Å²) in [5, 5.41) is 2.17. The summed E-state index contributed by atoms with van der Waals surface area (Å²) >= 11 is 0.785. The first-order valence-electron chi connectivity index (χ1n) is 11.2. The van der Waals surface area contributed by atoms with Gasteiger partial charge in [0.05, 0.1) is 18.1 Å². The molecule has 35 heavy (non-hydrogen) atoms. The average molecular weight is 499 g/mol. The third-order valence-corrected chi connectivity index (χ3v) is 6.30. The van der Waals surface area contributed by atoms with E-state index in [1.54, 1.807) is 42.5 Å². The minimum absolute atomic E-state index is 0.0274. The Morgan fingerprint density at radius 3 is 2.66 bits per heavy atom. The number of ether oxygens (including phenoxy) is 4. The SMILES string of the molecule is CC[C@H](C)Oc1ccc(/C=C2\SC(=O)N(CC(=O)Nc3ccc4c(c3)OCCO4)C2=O)cc1OC. The predicted molar refractivity (Wildman–Crippen MR) is 132 cm³/mol. The molecule has 3 amide bonds. The van der Waals surface area contributed by atoms with Crippen LogP contribution in [-0.2, 0) is 9.59 Å². The fourth-order valence-electron chi connectivity index (χ4n) is 3.42. The van der Waals surface area contributed by atoms with Crippen molar-refractivity contribution < 1.29 is 33.3 Å². The number of imide groups is 1. The summed E-state index contributed by atoms with van der Waals surface area (Å²) in [6.07, 6.45) is 2.47. The largest absolute Gasteiger partial charge is 0.493 e. The van der Waals surface area contributed by atoms with E-state index in [4.69, 9.17) is 18.9 Å². The number of nitrogens with zero attached hydrogens (tertiary/aromatic N) is 1. The number of hydrogen-bond donors (Lipinski definition) is 1. The summed E-state index contributed by atoms with van der Waals surface area (Å²) < 4.78 is 22.2. The second-order valence-corrected chi connectivity index (χ2v) is 8.91. The highest BCUT2D eigenvalue weighted by Gasteiger charge is 2.36. The number of anilines is 1. The van der Waals surface area contributed by atoms with Crippen LogP contribution in [0.3, 0.4) is 0 Å². The van der Waals surface area contributed by atoms with E-state index in [0.717, 1.165) is 23.1 Å². The van der Waals surface area contributed by atoms with Crippen LogP contribution in [0.2, 0.25) is 0 Å². The van der Waals surface area contributed by atoms with Crippen LogP contribution in [0.4, 0.5) is 10.5 Å². The topological polar surface area (TPSA) is 103 Å². The van der Waals surface area contributed by atoms with Crippen molar-refractivity contribution in [1.82, 2.24) is 4.90 Å². The molecule has 2 aromatic rings. The molecule has 1 fully saturated rings. The molecule has 1 N–H and O–H groups in total. The Morgan fingerprint density at radius 1 is 1.14 bits per heavy atom. The number of fused-ring (bicyclic) bond motifs is 1. The molecule has 0 unspecified atom stereocenters. The first-order chi connectivity index (χ1) is 16.9. The molecule has 0 spiro atoms. The number of thioether (sulfide) groups is 1. The van der Waals surface area contributed by atoms with Crippen molar-refractivity contribution in [2.45, 2.75) is 26.4 Å². The van der Waals surface area contributed by atoms with Gasteiger partial charge in [0.25, 0.3) is 11.1 Å². The molecule has 2 aliphatic heterocycles. The molecule has 2 aliphatic rings. The molecule has 10 heteroatoms. The van der Waals surface area contributed by atoms with E-state index in [9.17, 15) is 14.4 Å². The van der Waals surface area contributed by atoms with Gasteiger partial charge in [0.1, 0.15) is 19.8 Å². The molecule has 184 valence electrons. The minimum atomic E-state index is -0.531. The number of hydrogen-bond acceptors (Lipinski definition) is 8. The quantitative estimate of drug-likeness (QED) is 0.537. The standard InChI is InChI=1S/C25H26N2O7S/c1-4-15(2)34-19-7-5-16(11-20(19)31-3)12-22-24(29)27(25(30)35-22)14-23(28)26-17-6-8-18-21(13-17)33-10-9-32-18/h5-8,11-13,15H,4,9-10,14H2,1-3H3,(H,26,28)/b22-12-/t15-/m0/s1. The van der Waals surface area contributed by atoms with E-state index >= 15 is 0 Å². The average Bonchev–Trinajstić information content (AvgIpc) is 3.11. The molecule has 2 aromatic carbocycles. The van der Waals surface area contributed by atoms with Crippen LogP contribution in [0.1, 0.15) is 25.8 Å². The van der Waals surface area contributed by atoms with Gasteiger partial charge in [-0.2, -0.15) is 0 Å². The highest BCUT2D eigenvalue weighted by Crippen LogP contribution is 2.35. The molecule has 4 rings (SSSR count). The van der Waals surface area contributed by atoms with Crippen LogP contribution in [0, 0.1) is 0 Å². The normalized spacial score (nSPS) is 16.9. The van der Waals surface area contributed by atoms with E-state index in [2.05, 4.69) is 5.32 Å². The second-order valence-electron chi connectivity index (χ2n) is 7.92. The van der Waals surface area contributed by atoms with Crippen molar-refractivity contribution in [3.63, 3.8) is 0 Å². The maximum Gasteiger partial charge on any atom is 0.294 e. The fraction of sp³-hybridized carbons (Fsp3) is 0.320. The van der Waals surface area contributed by atoms with Crippen LogP contribution in [0.5, 0.6) is 23.0 Å². The van der Waals surface area contributed by atoms with Crippen LogP contribution >= 0.6 is 11.8 Å². The highest BCUT2D eigenvalue weighted by molar-refractivity contribution is 8.18. The summed E-state index contributed by atoms with van der Waals surface area (Å²) in [6, 6.07) is 10.3. The zero-order chi connectivity index (χ0) is 24.9. The van der Waals surface area contributed by atoms with Crippen molar-refractivity contribution in [2.75, 3.05) is 32.2 Å². The van der Waals surface area contributed by atoms with Gasteiger partial charge < -0.3 is 24.3 Å².